The lowest BCUT2D eigenvalue weighted by atomic mass is 10.0. The normalized spacial score (nSPS) is 47.6. The minimum Gasteiger partial charge on any atom is -0.312 e. The number of hydrogen-bond acceptors (Lipinski definition) is 1. The van der Waals surface area contributed by atoms with Gasteiger partial charge in [0.1, 0.15) is 0 Å². The second-order valence-corrected chi connectivity index (χ2v) is 3.07. The van der Waals surface area contributed by atoms with Crippen LogP contribution in [-0.4, -0.2) is 12.1 Å². The van der Waals surface area contributed by atoms with E-state index < -0.39 is 0 Å². The fourth-order valence-corrected chi connectivity index (χ4v) is 1.44. The van der Waals surface area contributed by atoms with Crippen molar-refractivity contribution in [2.45, 2.75) is 39.3 Å². The maximum absolute atomic E-state index is 3.47. The summed E-state index contributed by atoms with van der Waals surface area (Å²) in [5.74, 6) is 0.880. The smallest absolute Gasteiger partial charge is 0.00674 e. The van der Waals surface area contributed by atoms with E-state index in [1.54, 1.807) is 0 Å². The molecule has 0 aromatic rings. The van der Waals surface area contributed by atoms with Gasteiger partial charge in [0.25, 0.3) is 0 Å². The van der Waals surface area contributed by atoms with Gasteiger partial charge >= 0.3 is 0 Å². The van der Waals surface area contributed by atoms with Crippen LogP contribution in [-0.2, 0) is 0 Å². The van der Waals surface area contributed by atoms with Gasteiger partial charge in [0.2, 0.25) is 0 Å². The summed E-state index contributed by atoms with van der Waals surface area (Å²) in [6, 6.07) is 1.49. The van der Waals surface area contributed by atoms with Gasteiger partial charge in [-0.1, -0.05) is 6.92 Å². The third-order valence-corrected chi connectivity index (χ3v) is 2.13. The van der Waals surface area contributed by atoms with Crippen LogP contribution in [0, 0.1) is 5.92 Å². The third-order valence-electron chi connectivity index (χ3n) is 2.13. The van der Waals surface area contributed by atoms with Crippen molar-refractivity contribution >= 4 is 0 Å². The van der Waals surface area contributed by atoms with E-state index in [1.807, 2.05) is 0 Å². The second-order valence-electron chi connectivity index (χ2n) is 3.07. The van der Waals surface area contributed by atoms with Crippen molar-refractivity contribution in [2.24, 2.45) is 5.92 Å². The molecule has 0 radical (unpaired) electrons. The maximum atomic E-state index is 3.47. The Balaban J connectivity index is 2.39. The van der Waals surface area contributed by atoms with Crippen LogP contribution in [0.1, 0.15) is 27.2 Å². The van der Waals surface area contributed by atoms with Crippen LogP contribution in [0.15, 0.2) is 0 Å². The predicted molar refractivity (Wildman–Crippen MR) is 35.8 cm³/mol. The molecule has 0 saturated carbocycles. The summed E-state index contributed by atoms with van der Waals surface area (Å²) in [7, 11) is 0. The minimum atomic E-state index is 0.741. The van der Waals surface area contributed by atoms with E-state index in [0.717, 1.165) is 18.0 Å². The standard InChI is InChI=1S/C7H15N/c1-5-4-6(2)8-7(5)3/h5-8H,4H2,1-3H3. The van der Waals surface area contributed by atoms with Crippen molar-refractivity contribution in [3.63, 3.8) is 0 Å². The topological polar surface area (TPSA) is 12.0 Å². The van der Waals surface area contributed by atoms with E-state index in [-0.39, 0.29) is 0 Å². The summed E-state index contributed by atoms with van der Waals surface area (Å²) in [5, 5.41) is 3.47. The zero-order valence-corrected chi connectivity index (χ0v) is 5.94. The van der Waals surface area contributed by atoms with Gasteiger partial charge in [-0.2, -0.15) is 0 Å². The number of nitrogens with one attached hydrogen (secondary N) is 1. The molecule has 3 atom stereocenters. The Morgan fingerprint density at radius 2 is 1.88 bits per heavy atom. The van der Waals surface area contributed by atoms with Gasteiger partial charge in [-0.15, -0.1) is 0 Å². The zero-order chi connectivity index (χ0) is 6.15. The van der Waals surface area contributed by atoms with Gasteiger partial charge in [-0.05, 0) is 26.2 Å². The first-order chi connectivity index (χ1) is 3.70. The van der Waals surface area contributed by atoms with Crippen molar-refractivity contribution in [3.05, 3.63) is 0 Å². The van der Waals surface area contributed by atoms with Crippen molar-refractivity contribution < 1.29 is 0 Å². The summed E-state index contributed by atoms with van der Waals surface area (Å²) in [5.41, 5.74) is 0. The summed E-state index contributed by atoms with van der Waals surface area (Å²) >= 11 is 0. The molecule has 0 bridgehead atoms. The molecule has 1 aliphatic heterocycles. The molecule has 1 heteroatoms. The fourth-order valence-electron chi connectivity index (χ4n) is 1.44. The molecule has 8 heavy (non-hydrogen) atoms. The SMILES string of the molecule is CC1CC(C)C(C)N1. The highest BCUT2D eigenvalue weighted by atomic mass is 15.0. The molecule has 1 N–H and O–H groups in total. The van der Waals surface area contributed by atoms with Crippen LogP contribution in [0.4, 0.5) is 0 Å². The molecule has 1 saturated heterocycles. The van der Waals surface area contributed by atoms with E-state index in [0.29, 0.717) is 0 Å². The number of hydrogen-bond donors (Lipinski definition) is 1. The molecule has 3 unspecified atom stereocenters. The molecule has 1 aliphatic rings. The Morgan fingerprint density at radius 3 is 2.00 bits per heavy atom. The van der Waals surface area contributed by atoms with Gasteiger partial charge in [0.15, 0.2) is 0 Å². The molecule has 0 aliphatic carbocycles. The van der Waals surface area contributed by atoms with Crippen molar-refractivity contribution in [2.75, 3.05) is 0 Å². The molecular weight excluding hydrogens is 98.1 g/mol. The average molecular weight is 113 g/mol. The van der Waals surface area contributed by atoms with Crippen molar-refractivity contribution in [1.82, 2.24) is 5.32 Å². The lowest BCUT2D eigenvalue weighted by Crippen LogP contribution is -2.25. The first-order valence-corrected chi connectivity index (χ1v) is 3.46. The maximum Gasteiger partial charge on any atom is 0.00674 e. The van der Waals surface area contributed by atoms with Gasteiger partial charge in [-0.3, -0.25) is 0 Å². The fraction of sp³-hybridized carbons (Fsp3) is 1.00. The third kappa shape index (κ3) is 1.03. The van der Waals surface area contributed by atoms with E-state index in [2.05, 4.69) is 26.1 Å². The molecule has 1 rings (SSSR count). The van der Waals surface area contributed by atoms with Crippen LogP contribution < -0.4 is 5.32 Å². The second kappa shape index (κ2) is 2.06. The minimum absolute atomic E-state index is 0.741. The molecule has 1 heterocycles. The Kier molecular flexibility index (Phi) is 1.57. The Hall–Kier alpha value is -0.0400. The van der Waals surface area contributed by atoms with E-state index in [9.17, 15) is 0 Å². The first-order valence-electron chi connectivity index (χ1n) is 3.46. The molecule has 1 fully saturated rings. The van der Waals surface area contributed by atoms with Crippen LogP contribution in [0.25, 0.3) is 0 Å². The van der Waals surface area contributed by atoms with E-state index >= 15 is 0 Å². The Labute approximate surface area is 51.5 Å². The molecule has 1 nitrogen and oxygen atoms in total. The largest absolute Gasteiger partial charge is 0.312 e. The Morgan fingerprint density at radius 1 is 1.25 bits per heavy atom. The van der Waals surface area contributed by atoms with Crippen LogP contribution in [0.3, 0.4) is 0 Å². The lowest BCUT2D eigenvalue weighted by Gasteiger charge is -2.06. The molecule has 0 aromatic carbocycles. The Bertz CT molecular complexity index is 70.5. The highest BCUT2D eigenvalue weighted by molar-refractivity contribution is 4.82. The van der Waals surface area contributed by atoms with Gasteiger partial charge in [0, 0.05) is 12.1 Å². The van der Waals surface area contributed by atoms with Gasteiger partial charge in [-0.25, -0.2) is 0 Å². The quantitative estimate of drug-likeness (QED) is 0.500. The van der Waals surface area contributed by atoms with Crippen LogP contribution >= 0.6 is 0 Å². The molecule has 48 valence electrons. The first kappa shape index (κ1) is 6.09. The summed E-state index contributed by atoms with van der Waals surface area (Å²) in [6.07, 6.45) is 1.35. The highest BCUT2D eigenvalue weighted by Gasteiger charge is 2.23. The van der Waals surface area contributed by atoms with Crippen molar-refractivity contribution in [1.29, 1.82) is 0 Å². The van der Waals surface area contributed by atoms with E-state index in [1.165, 1.54) is 6.42 Å². The zero-order valence-electron chi connectivity index (χ0n) is 5.94. The summed E-state index contributed by atoms with van der Waals surface area (Å²) in [6.45, 7) is 6.81. The summed E-state index contributed by atoms with van der Waals surface area (Å²) in [4.78, 5) is 0. The van der Waals surface area contributed by atoms with Crippen molar-refractivity contribution in [3.8, 4) is 0 Å². The summed E-state index contributed by atoms with van der Waals surface area (Å²) < 4.78 is 0. The number of rotatable bonds is 0. The van der Waals surface area contributed by atoms with Crippen LogP contribution in [0.5, 0.6) is 0 Å². The molecule has 0 aromatic heterocycles. The van der Waals surface area contributed by atoms with Gasteiger partial charge < -0.3 is 5.32 Å². The molecule has 0 amide bonds. The highest BCUT2D eigenvalue weighted by Crippen LogP contribution is 2.18. The molecule has 0 spiro atoms. The monoisotopic (exact) mass is 113 g/mol. The predicted octanol–water partition coefficient (Wildman–Crippen LogP) is 1.39. The van der Waals surface area contributed by atoms with Gasteiger partial charge in [0.05, 0.1) is 0 Å². The molecular formula is C7H15N. The van der Waals surface area contributed by atoms with Crippen LogP contribution in [0.2, 0.25) is 0 Å². The van der Waals surface area contributed by atoms with E-state index in [4.69, 9.17) is 0 Å². The lowest BCUT2D eigenvalue weighted by molar-refractivity contribution is 0.518. The average Bonchev–Trinajstić information content (AvgIpc) is 1.85.